The standard InChI is InChI=1S/C10H18O/c1-8(2)6-10-5-4-9(3)11-7-10/h6,8-9H,4-5,7H2,1-3H3/b10-6+. The van der Waals surface area contributed by atoms with E-state index in [0.717, 1.165) is 6.61 Å². The van der Waals surface area contributed by atoms with Crippen molar-refractivity contribution in [2.45, 2.75) is 39.7 Å². The molecular weight excluding hydrogens is 136 g/mol. The van der Waals surface area contributed by atoms with E-state index in [-0.39, 0.29) is 0 Å². The van der Waals surface area contributed by atoms with Crippen molar-refractivity contribution in [1.29, 1.82) is 0 Å². The summed E-state index contributed by atoms with van der Waals surface area (Å²) in [7, 11) is 0. The maximum atomic E-state index is 5.52. The SMILES string of the molecule is CC(C)/C=C1\CCC(C)OC1. The molecule has 1 saturated heterocycles. The average molecular weight is 154 g/mol. The Morgan fingerprint density at radius 3 is 2.73 bits per heavy atom. The van der Waals surface area contributed by atoms with Crippen LogP contribution in [0.2, 0.25) is 0 Å². The van der Waals surface area contributed by atoms with Gasteiger partial charge in [0.15, 0.2) is 0 Å². The summed E-state index contributed by atoms with van der Waals surface area (Å²) in [5, 5.41) is 0. The summed E-state index contributed by atoms with van der Waals surface area (Å²) in [5.41, 5.74) is 1.48. The van der Waals surface area contributed by atoms with Crippen LogP contribution in [0.5, 0.6) is 0 Å². The molecule has 0 aromatic heterocycles. The normalized spacial score (nSPS) is 29.8. The molecule has 0 aromatic rings. The maximum absolute atomic E-state index is 5.52. The molecule has 1 atom stereocenters. The van der Waals surface area contributed by atoms with Crippen molar-refractivity contribution in [3.8, 4) is 0 Å². The minimum atomic E-state index is 0.472. The van der Waals surface area contributed by atoms with Gasteiger partial charge in [-0.05, 0) is 31.3 Å². The fraction of sp³-hybridized carbons (Fsp3) is 0.800. The van der Waals surface area contributed by atoms with E-state index >= 15 is 0 Å². The third kappa shape index (κ3) is 3.06. The minimum absolute atomic E-state index is 0.472. The molecule has 0 spiro atoms. The molecule has 64 valence electrons. The molecule has 1 heterocycles. The Morgan fingerprint density at radius 1 is 1.55 bits per heavy atom. The van der Waals surface area contributed by atoms with E-state index < -0.39 is 0 Å². The van der Waals surface area contributed by atoms with Crippen molar-refractivity contribution >= 4 is 0 Å². The highest BCUT2D eigenvalue weighted by molar-refractivity contribution is 5.05. The molecule has 0 amide bonds. The largest absolute Gasteiger partial charge is 0.374 e. The Bertz CT molecular complexity index is 137. The van der Waals surface area contributed by atoms with E-state index in [2.05, 4.69) is 26.8 Å². The fourth-order valence-electron chi connectivity index (χ4n) is 1.40. The van der Waals surface area contributed by atoms with E-state index in [0.29, 0.717) is 12.0 Å². The number of ether oxygens (including phenoxy) is 1. The molecule has 0 bridgehead atoms. The summed E-state index contributed by atoms with van der Waals surface area (Å²) < 4.78 is 5.52. The lowest BCUT2D eigenvalue weighted by Gasteiger charge is -2.21. The van der Waals surface area contributed by atoms with E-state index in [4.69, 9.17) is 4.74 Å². The first-order valence-corrected chi connectivity index (χ1v) is 4.49. The van der Waals surface area contributed by atoms with Gasteiger partial charge in [0.1, 0.15) is 0 Å². The van der Waals surface area contributed by atoms with E-state index in [1.807, 2.05) is 0 Å². The predicted octanol–water partition coefficient (Wildman–Crippen LogP) is 2.77. The van der Waals surface area contributed by atoms with E-state index in [1.165, 1.54) is 18.4 Å². The second-order valence-corrected chi connectivity index (χ2v) is 3.73. The smallest absolute Gasteiger partial charge is 0.0680 e. The second-order valence-electron chi connectivity index (χ2n) is 3.73. The van der Waals surface area contributed by atoms with Crippen LogP contribution in [-0.4, -0.2) is 12.7 Å². The number of hydrogen-bond donors (Lipinski definition) is 0. The van der Waals surface area contributed by atoms with Crippen molar-refractivity contribution in [2.75, 3.05) is 6.61 Å². The topological polar surface area (TPSA) is 9.23 Å². The molecule has 11 heavy (non-hydrogen) atoms. The van der Waals surface area contributed by atoms with Crippen LogP contribution in [0, 0.1) is 5.92 Å². The molecule has 1 fully saturated rings. The van der Waals surface area contributed by atoms with Crippen molar-refractivity contribution in [2.24, 2.45) is 5.92 Å². The third-order valence-electron chi connectivity index (χ3n) is 1.99. The summed E-state index contributed by atoms with van der Waals surface area (Å²) in [6.07, 6.45) is 5.23. The van der Waals surface area contributed by atoms with Crippen LogP contribution >= 0.6 is 0 Å². The molecule has 0 saturated carbocycles. The van der Waals surface area contributed by atoms with Gasteiger partial charge < -0.3 is 4.74 Å². The van der Waals surface area contributed by atoms with Crippen molar-refractivity contribution in [3.05, 3.63) is 11.6 Å². The number of rotatable bonds is 1. The van der Waals surface area contributed by atoms with Crippen LogP contribution in [0.3, 0.4) is 0 Å². The molecule has 1 aliphatic rings. The molecule has 0 aliphatic carbocycles. The zero-order chi connectivity index (χ0) is 8.27. The maximum Gasteiger partial charge on any atom is 0.0680 e. The van der Waals surface area contributed by atoms with E-state index in [9.17, 15) is 0 Å². The van der Waals surface area contributed by atoms with Crippen LogP contribution < -0.4 is 0 Å². The van der Waals surface area contributed by atoms with Gasteiger partial charge in [0.2, 0.25) is 0 Å². The zero-order valence-electron chi connectivity index (χ0n) is 7.76. The summed E-state index contributed by atoms with van der Waals surface area (Å²) in [6.45, 7) is 7.43. The molecule has 0 radical (unpaired) electrons. The Balaban J connectivity index is 2.38. The molecule has 1 rings (SSSR count). The summed E-state index contributed by atoms with van der Waals surface area (Å²) in [6, 6.07) is 0. The van der Waals surface area contributed by atoms with E-state index in [1.54, 1.807) is 0 Å². The van der Waals surface area contributed by atoms with Gasteiger partial charge >= 0.3 is 0 Å². The lowest BCUT2D eigenvalue weighted by molar-refractivity contribution is 0.0554. The quantitative estimate of drug-likeness (QED) is 0.528. The third-order valence-corrected chi connectivity index (χ3v) is 1.99. The molecule has 1 nitrogen and oxygen atoms in total. The molecule has 1 unspecified atom stereocenters. The Morgan fingerprint density at radius 2 is 2.27 bits per heavy atom. The summed E-state index contributed by atoms with van der Waals surface area (Å²) in [5.74, 6) is 0.669. The minimum Gasteiger partial charge on any atom is -0.374 e. The predicted molar refractivity (Wildman–Crippen MR) is 47.6 cm³/mol. The van der Waals surface area contributed by atoms with Gasteiger partial charge in [0.05, 0.1) is 12.7 Å². The lowest BCUT2D eigenvalue weighted by atomic mass is 10.0. The van der Waals surface area contributed by atoms with Crippen molar-refractivity contribution in [1.82, 2.24) is 0 Å². The van der Waals surface area contributed by atoms with Crippen LogP contribution in [-0.2, 0) is 4.74 Å². The highest BCUT2D eigenvalue weighted by atomic mass is 16.5. The van der Waals surface area contributed by atoms with Gasteiger partial charge in [-0.25, -0.2) is 0 Å². The van der Waals surface area contributed by atoms with Gasteiger partial charge in [0.25, 0.3) is 0 Å². The first-order valence-electron chi connectivity index (χ1n) is 4.49. The van der Waals surface area contributed by atoms with Crippen LogP contribution in [0.1, 0.15) is 33.6 Å². The molecular formula is C10H18O. The van der Waals surface area contributed by atoms with Crippen molar-refractivity contribution < 1.29 is 4.74 Å². The fourth-order valence-corrected chi connectivity index (χ4v) is 1.40. The van der Waals surface area contributed by atoms with Crippen LogP contribution in [0.4, 0.5) is 0 Å². The zero-order valence-corrected chi connectivity index (χ0v) is 7.76. The Hall–Kier alpha value is -0.300. The lowest BCUT2D eigenvalue weighted by Crippen LogP contribution is -2.17. The first kappa shape index (κ1) is 8.79. The Labute approximate surface area is 69.4 Å². The number of hydrogen-bond acceptors (Lipinski definition) is 1. The van der Waals surface area contributed by atoms with Gasteiger partial charge in [0, 0.05) is 0 Å². The average Bonchev–Trinajstić information content (AvgIpc) is 1.93. The molecule has 0 aromatic carbocycles. The van der Waals surface area contributed by atoms with Crippen LogP contribution in [0.15, 0.2) is 11.6 Å². The van der Waals surface area contributed by atoms with Gasteiger partial charge in [-0.2, -0.15) is 0 Å². The summed E-state index contributed by atoms with van der Waals surface area (Å²) >= 11 is 0. The van der Waals surface area contributed by atoms with Crippen LogP contribution in [0.25, 0.3) is 0 Å². The molecule has 1 heteroatoms. The summed E-state index contributed by atoms with van der Waals surface area (Å²) in [4.78, 5) is 0. The second kappa shape index (κ2) is 3.91. The van der Waals surface area contributed by atoms with Crippen molar-refractivity contribution in [3.63, 3.8) is 0 Å². The monoisotopic (exact) mass is 154 g/mol. The Kier molecular flexibility index (Phi) is 3.13. The highest BCUT2D eigenvalue weighted by Crippen LogP contribution is 2.18. The van der Waals surface area contributed by atoms with Gasteiger partial charge in [-0.1, -0.05) is 19.9 Å². The van der Waals surface area contributed by atoms with Gasteiger partial charge in [-0.3, -0.25) is 0 Å². The van der Waals surface area contributed by atoms with Gasteiger partial charge in [-0.15, -0.1) is 0 Å². The first-order chi connectivity index (χ1) is 5.18. The molecule has 0 N–H and O–H groups in total. The number of allylic oxidation sites excluding steroid dienone is 1. The highest BCUT2D eigenvalue weighted by Gasteiger charge is 2.11. The molecule has 1 aliphatic heterocycles.